The van der Waals surface area contributed by atoms with Gasteiger partial charge in [0.2, 0.25) is 0 Å². The number of unbranched alkanes of at least 4 members (excludes halogenated alkanes) is 10. The Morgan fingerprint density at radius 3 is 1.71 bits per heavy atom. The molecule has 1 aliphatic heterocycles. The van der Waals surface area contributed by atoms with Gasteiger partial charge < -0.3 is 9.47 Å². The number of methoxy groups -OCH3 is 1. The van der Waals surface area contributed by atoms with Gasteiger partial charge in [0.15, 0.2) is 0 Å². The van der Waals surface area contributed by atoms with Crippen LogP contribution in [0.3, 0.4) is 0 Å². The molecule has 0 aliphatic carbocycles. The second-order valence-corrected chi connectivity index (χ2v) is 10.9. The van der Waals surface area contributed by atoms with E-state index in [4.69, 9.17) is 26.2 Å². The minimum Gasteiger partial charge on any atom is -0.376 e. The van der Waals surface area contributed by atoms with Crippen LogP contribution in [0.25, 0.3) is 0 Å². The molecule has 1 fully saturated rings. The van der Waals surface area contributed by atoms with Gasteiger partial charge in [-0.15, -0.1) is 0 Å². The Balaban J connectivity index is 2.46. The van der Waals surface area contributed by atoms with Crippen molar-refractivity contribution in [1.29, 1.82) is 0 Å². The second-order valence-electron chi connectivity index (χ2n) is 8.36. The number of hydrogen-bond acceptors (Lipinski definition) is 10. The summed E-state index contributed by atoms with van der Waals surface area (Å²) in [5.74, 6) is 0. The predicted molar refractivity (Wildman–Crippen MR) is 127 cm³/mol. The maximum Gasteiger partial charge on any atom is 0.400 e. The summed E-state index contributed by atoms with van der Waals surface area (Å²) in [6, 6.07) is 0. The molecule has 1 saturated heterocycles. The summed E-state index contributed by atoms with van der Waals surface area (Å²) < 4.78 is 79.2. The Morgan fingerprint density at radius 1 is 0.735 bits per heavy atom. The van der Waals surface area contributed by atoms with E-state index in [1.807, 2.05) is 0 Å². The van der Waals surface area contributed by atoms with Crippen LogP contribution >= 0.6 is 0 Å². The standard InChI is InChI=1S/C22H43O10S2/c1-4-6-8-10-12-14-16-29-33(23,24)31-20-18-28-19-21(22(20)27-3)32-34(25,26)30-17-15-13-11-9-7-5-2/h18,20-22H,4-17,19H2,1-3H3/t20-,21-,22-/m1/s1. The maximum absolute atomic E-state index is 12.2. The van der Waals surface area contributed by atoms with Gasteiger partial charge in [-0.25, -0.2) is 16.7 Å². The lowest BCUT2D eigenvalue weighted by molar-refractivity contribution is -0.124. The minimum absolute atomic E-state index is 0.000274. The van der Waals surface area contributed by atoms with Gasteiger partial charge in [-0.1, -0.05) is 78.1 Å². The molecule has 1 heterocycles. The number of rotatable bonds is 21. The number of ether oxygens (including phenoxy) is 2. The summed E-state index contributed by atoms with van der Waals surface area (Å²) in [6.07, 6.45) is 8.29. The van der Waals surface area contributed by atoms with Gasteiger partial charge in [0.25, 0.3) is 0 Å². The Morgan fingerprint density at radius 2 is 1.21 bits per heavy atom. The lowest BCUT2D eigenvalue weighted by atomic mass is 10.1. The topological polar surface area (TPSA) is 124 Å². The smallest absolute Gasteiger partial charge is 0.376 e. The van der Waals surface area contributed by atoms with Crippen LogP contribution in [0, 0.1) is 6.61 Å². The zero-order valence-corrected chi connectivity index (χ0v) is 22.4. The molecule has 1 rings (SSSR count). The quantitative estimate of drug-likeness (QED) is 0.199. The van der Waals surface area contributed by atoms with Crippen LogP contribution in [0.5, 0.6) is 0 Å². The molecule has 0 bridgehead atoms. The molecule has 1 aliphatic rings. The zero-order valence-electron chi connectivity index (χ0n) is 20.8. The molecule has 0 aromatic carbocycles. The molecule has 203 valence electrons. The largest absolute Gasteiger partial charge is 0.400 e. The average Bonchev–Trinajstić information content (AvgIpc) is 2.77. The molecule has 0 saturated carbocycles. The summed E-state index contributed by atoms with van der Waals surface area (Å²) in [5, 5.41) is 0. The van der Waals surface area contributed by atoms with E-state index < -0.39 is 39.1 Å². The van der Waals surface area contributed by atoms with Gasteiger partial charge in [0, 0.05) is 7.11 Å². The fourth-order valence-corrected chi connectivity index (χ4v) is 5.15. The van der Waals surface area contributed by atoms with Crippen molar-refractivity contribution in [3.05, 3.63) is 6.61 Å². The van der Waals surface area contributed by atoms with Crippen molar-refractivity contribution in [2.45, 2.75) is 109 Å². The summed E-state index contributed by atoms with van der Waals surface area (Å²) >= 11 is 0. The van der Waals surface area contributed by atoms with Crippen LogP contribution in [-0.4, -0.2) is 62.1 Å². The molecular formula is C22H43O10S2. The fraction of sp³-hybridized carbons (Fsp3) is 0.955. The molecule has 12 heteroatoms. The molecule has 0 aromatic heterocycles. The molecule has 34 heavy (non-hydrogen) atoms. The number of hydrogen-bond donors (Lipinski definition) is 0. The zero-order chi connectivity index (χ0) is 25.3. The first-order chi connectivity index (χ1) is 16.2. The van der Waals surface area contributed by atoms with E-state index in [2.05, 4.69) is 13.8 Å². The van der Waals surface area contributed by atoms with Crippen molar-refractivity contribution in [2.24, 2.45) is 0 Å². The lowest BCUT2D eigenvalue weighted by Gasteiger charge is -2.34. The van der Waals surface area contributed by atoms with Crippen LogP contribution in [0.15, 0.2) is 0 Å². The fourth-order valence-electron chi connectivity index (χ4n) is 3.50. The SMILES string of the molecule is CCCCCCCCOS(=O)(=O)O[C@@H]1[CH]OC[C@@H](OS(=O)(=O)OCCCCCCCC)[C@@H]1OC. The van der Waals surface area contributed by atoms with Crippen molar-refractivity contribution in [1.82, 2.24) is 0 Å². The predicted octanol–water partition coefficient (Wildman–Crippen LogP) is 4.21. The van der Waals surface area contributed by atoms with E-state index in [1.165, 1.54) is 7.11 Å². The van der Waals surface area contributed by atoms with Crippen molar-refractivity contribution in [3.63, 3.8) is 0 Å². The van der Waals surface area contributed by atoms with E-state index in [-0.39, 0.29) is 19.8 Å². The van der Waals surface area contributed by atoms with E-state index >= 15 is 0 Å². The highest BCUT2D eigenvalue weighted by molar-refractivity contribution is 7.82. The molecule has 1 radical (unpaired) electrons. The summed E-state index contributed by atoms with van der Waals surface area (Å²) in [5.41, 5.74) is 0. The molecular weight excluding hydrogens is 488 g/mol. The van der Waals surface area contributed by atoms with Crippen LogP contribution in [0.2, 0.25) is 0 Å². The Hall–Kier alpha value is -0.340. The first kappa shape index (κ1) is 31.7. The first-order valence-electron chi connectivity index (χ1n) is 12.4. The highest BCUT2D eigenvalue weighted by Crippen LogP contribution is 2.24. The van der Waals surface area contributed by atoms with E-state index in [0.717, 1.165) is 70.8 Å². The first-order valence-corrected chi connectivity index (χ1v) is 15.0. The third-order valence-electron chi connectivity index (χ3n) is 5.37. The van der Waals surface area contributed by atoms with Gasteiger partial charge in [0.1, 0.15) is 24.9 Å². The van der Waals surface area contributed by atoms with Crippen LogP contribution in [0.4, 0.5) is 0 Å². The van der Waals surface area contributed by atoms with Crippen LogP contribution < -0.4 is 0 Å². The third-order valence-corrected chi connectivity index (χ3v) is 7.23. The molecule has 0 aromatic rings. The van der Waals surface area contributed by atoms with Crippen molar-refractivity contribution < 1.29 is 43.0 Å². The van der Waals surface area contributed by atoms with Crippen LogP contribution in [-0.2, 0) is 47.0 Å². The van der Waals surface area contributed by atoms with Gasteiger partial charge in [-0.2, -0.15) is 16.8 Å². The maximum atomic E-state index is 12.2. The van der Waals surface area contributed by atoms with Crippen LogP contribution in [0.1, 0.15) is 90.9 Å². The average molecular weight is 532 g/mol. The highest BCUT2D eigenvalue weighted by atomic mass is 32.3. The third kappa shape index (κ3) is 14.3. The lowest BCUT2D eigenvalue weighted by Crippen LogP contribution is -2.50. The van der Waals surface area contributed by atoms with Gasteiger partial charge >= 0.3 is 20.8 Å². The van der Waals surface area contributed by atoms with Gasteiger partial charge in [-0.3, -0.25) is 0 Å². The normalized spacial score (nSPS) is 21.7. The van der Waals surface area contributed by atoms with Crippen molar-refractivity contribution >= 4 is 20.8 Å². The second kappa shape index (κ2) is 18.0. The van der Waals surface area contributed by atoms with E-state index in [1.54, 1.807) is 0 Å². The molecule has 3 atom stereocenters. The molecule has 0 spiro atoms. The summed E-state index contributed by atoms with van der Waals surface area (Å²) in [6.45, 7) is 5.22. The minimum atomic E-state index is -4.34. The van der Waals surface area contributed by atoms with E-state index in [0.29, 0.717) is 12.8 Å². The van der Waals surface area contributed by atoms with Gasteiger partial charge in [0.05, 0.1) is 19.8 Å². The Kier molecular flexibility index (Phi) is 16.8. The Labute approximate surface area is 206 Å². The highest BCUT2D eigenvalue weighted by Gasteiger charge is 2.42. The summed E-state index contributed by atoms with van der Waals surface area (Å²) in [7, 11) is -7.37. The van der Waals surface area contributed by atoms with E-state index in [9.17, 15) is 16.8 Å². The Bertz CT molecular complexity index is 653. The van der Waals surface area contributed by atoms with Crippen molar-refractivity contribution in [2.75, 3.05) is 26.9 Å². The molecule has 10 nitrogen and oxygen atoms in total. The van der Waals surface area contributed by atoms with Crippen molar-refractivity contribution in [3.8, 4) is 0 Å². The monoisotopic (exact) mass is 531 g/mol. The molecule has 0 unspecified atom stereocenters. The molecule has 0 amide bonds. The summed E-state index contributed by atoms with van der Waals surface area (Å²) in [4.78, 5) is 0. The van der Waals surface area contributed by atoms with Gasteiger partial charge in [-0.05, 0) is 12.8 Å². The molecule has 0 N–H and O–H groups in total.